The van der Waals surface area contributed by atoms with E-state index in [0.29, 0.717) is 12.8 Å². The zero-order chi connectivity index (χ0) is 26.3. The number of rotatable bonds is 10. The molecule has 2 fully saturated rings. The molecule has 34 heavy (non-hydrogen) atoms. The molecule has 2 N–H and O–H groups in total. The molecular formula is C18H22F8O7S. The van der Waals surface area contributed by atoms with Crippen LogP contribution in [0.1, 0.15) is 25.7 Å². The van der Waals surface area contributed by atoms with Crippen LogP contribution in [0.5, 0.6) is 0 Å². The Morgan fingerprint density at radius 1 is 0.971 bits per heavy atom. The highest BCUT2D eigenvalue weighted by molar-refractivity contribution is 7.86. The molecule has 0 radical (unpaired) electrons. The third kappa shape index (κ3) is 5.99. The first-order valence-corrected chi connectivity index (χ1v) is 11.3. The van der Waals surface area contributed by atoms with Gasteiger partial charge in [-0.1, -0.05) is 6.58 Å². The molecular weight excluding hydrogens is 512 g/mol. The Morgan fingerprint density at radius 2 is 1.50 bits per heavy atom. The van der Waals surface area contributed by atoms with Crippen LogP contribution in [0.25, 0.3) is 0 Å². The summed E-state index contributed by atoms with van der Waals surface area (Å²) in [7, 11) is -5.75. The number of fused-ring (bicyclic) bond motifs is 2. The minimum Gasteiger partial charge on any atom is -0.462 e. The number of aliphatic hydroxyl groups is 1. The first-order chi connectivity index (χ1) is 15.2. The molecule has 7 nitrogen and oxygen atoms in total. The Morgan fingerprint density at radius 3 is 1.97 bits per heavy atom. The van der Waals surface area contributed by atoms with E-state index in [4.69, 9.17) is 9.29 Å². The molecule has 0 aliphatic heterocycles. The van der Waals surface area contributed by atoms with Crippen molar-refractivity contribution in [3.8, 4) is 0 Å². The molecule has 2 saturated carbocycles. The Kier molecular flexibility index (Phi) is 8.02. The molecule has 4 unspecified atom stereocenters. The van der Waals surface area contributed by atoms with Crippen molar-refractivity contribution in [3.05, 3.63) is 12.2 Å². The summed E-state index contributed by atoms with van der Waals surface area (Å²) >= 11 is 0. The van der Waals surface area contributed by atoms with E-state index >= 15 is 0 Å². The molecule has 4 atom stereocenters. The first-order valence-electron chi connectivity index (χ1n) is 9.83. The Balaban J connectivity index is 1.91. The van der Waals surface area contributed by atoms with Crippen LogP contribution >= 0.6 is 0 Å². The second-order valence-corrected chi connectivity index (χ2v) is 10.2. The van der Waals surface area contributed by atoms with Crippen molar-refractivity contribution in [1.29, 1.82) is 0 Å². The molecule has 2 bridgehead atoms. The normalized spacial score (nSPS) is 26.1. The van der Waals surface area contributed by atoms with Crippen molar-refractivity contribution in [2.45, 2.75) is 48.9 Å². The van der Waals surface area contributed by atoms with Crippen molar-refractivity contribution in [2.75, 3.05) is 19.8 Å². The number of halogens is 8. The lowest BCUT2D eigenvalue weighted by Crippen LogP contribution is -2.58. The number of hydrogen-bond acceptors (Lipinski definition) is 6. The fourth-order valence-corrected chi connectivity index (χ4v) is 4.79. The molecule has 0 amide bonds. The van der Waals surface area contributed by atoms with Crippen molar-refractivity contribution >= 4 is 16.1 Å². The summed E-state index contributed by atoms with van der Waals surface area (Å²) in [6, 6.07) is 0. The van der Waals surface area contributed by atoms with E-state index in [0.717, 1.165) is 0 Å². The van der Waals surface area contributed by atoms with Crippen LogP contribution in [0.3, 0.4) is 0 Å². The van der Waals surface area contributed by atoms with Gasteiger partial charge in [-0.2, -0.15) is 43.5 Å². The summed E-state index contributed by atoms with van der Waals surface area (Å²) < 4.78 is 143. The van der Waals surface area contributed by atoms with E-state index in [2.05, 4.69) is 11.3 Å². The highest BCUT2D eigenvalue weighted by Crippen LogP contribution is 2.57. The van der Waals surface area contributed by atoms with Gasteiger partial charge in [0.05, 0.1) is 18.8 Å². The number of esters is 1. The largest absolute Gasteiger partial charge is 0.462 e. The molecule has 0 spiro atoms. The maximum Gasteiger partial charge on any atom is 0.426 e. The fraction of sp³-hybridized carbons (Fsp3) is 0.833. The van der Waals surface area contributed by atoms with Crippen LogP contribution in [0.15, 0.2) is 12.2 Å². The summed E-state index contributed by atoms with van der Waals surface area (Å²) in [4.78, 5) is 11.9. The summed E-state index contributed by atoms with van der Waals surface area (Å²) in [5, 5.41) is 4.84. The van der Waals surface area contributed by atoms with Crippen molar-refractivity contribution in [2.24, 2.45) is 23.7 Å². The van der Waals surface area contributed by atoms with Gasteiger partial charge in [-0.25, -0.2) is 4.79 Å². The number of carbonyl (C=O) groups is 1. The standard InChI is InChI=1S/C18H22F8O7S/c1-9(6-32-8-16(19,20)34(29,30)31)14(27)33-7-12-3-10-2-11(13(12)4-10)5-15(28,17(21,22)23)18(24,25)26/h10-13,28H,1-8H2,(H,29,30,31). The number of carbonyl (C=O) groups excluding carboxylic acids is 1. The fourth-order valence-electron chi connectivity index (χ4n) is 4.56. The zero-order valence-corrected chi connectivity index (χ0v) is 18.2. The van der Waals surface area contributed by atoms with Crippen molar-refractivity contribution < 1.29 is 67.5 Å². The Bertz CT molecular complexity index is 870. The van der Waals surface area contributed by atoms with Crippen LogP contribution in [0.4, 0.5) is 35.1 Å². The highest BCUT2D eigenvalue weighted by atomic mass is 32.2. The van der Waals surface area contributed by atoms with E-state index in [1.807, 2.05) is 0 Å². The van der Waals surface area contributed by atoms with Gasteiger partial charge in [-0.15, -0.1) is 0 Å². The van der Waals surface area contributed by atoms with Gasteiger partial charge in [-0.3, -0.25) is 4.55 Å². The lowest BCUT2D eigenvalue weighted by molar-refractivity contribution is -0.373. The highest BCUT2D eigenvalue weighted by Gasteiger charge is 2.71. The maximum absolute atomic E-state index is 13.1. The summed E-state index contributed by atoms with van der Waals surface area (Å²) in [5.74, 6) is -3.75. The average molecular weight is 534 g/mol. The summed E-state index contributed by atoms with van der Waals surface area (Å²) in [6.45, 7) is 0.132. The van der Waals surface area contributed by atoms with E-state index in [-0.39, 0.29) is 12.3 Å². The third-order valence-corrected chi connectivity index (χ3v) is 7.10. The lowest BCUT2D eigenvalue weighted by atomic mass is 9.75. The van der Waals surface area contributed by atoms with Crippen LogP contribution in [-0.4, -0.2) is 67.1 Å². The average Bonchev–Trinajstić information content (AvgIpc) is 3.22. The van der Waals surface area contributed by atoms with Gasteiger partial charge in [0.2, 0.25) is 0 Å². The Labute approximate surface area is 188 Å². The third-order valence-electron chi connectivity index (χ3n) is 6.23. The zero-order valence-electron chi connectivity index (χ0n) is 17.3. The summed E-state index contributed by atoms with van der Waals surface area (Å²) in [5.41, 5.74) is -5.39. The molecule has 0 aromatic heterocycles. The predicted octanol–water partition coefficient (Wildman–Crippen LogP) is 3.49. The molecule has 2 rings (SSSR count). The monoisotopic (exact) mass is 534 g/mol. The van der Waals surface area contributed by atoms with Crippen molar-refractivity contribution in [1.82, 2.24) is 0 Å². The number of hydrogen-bond donors (Lipinski definition) is 2. The van der Waals surface area contributed by atoms with Gasteiger partial charge in [0.15, 0.2) is 0 Å². The van der Waals surface area contributed by atoms with Gasteiger partial charge in [-0.05, 0) is 49.4 Å². The quantitative estimate of drug-likeness (QED) is 0.191. The van der Waals surface area contributed by atoms with Crippen LogP contribution < -0.4 is 0 Å². The second kappa shape index (κ2) is 9.50. The molecule has 198 valence electrons. The van der Waals surface area contributed by atoms with Gasteiger partial charge in [0.1, 0.15) is 6.61 Å². The van der Waals surface area contributed by atoms with E-state index in [1.54, 1.807) is 0 Å². The van der Waals surface area contributed by atoms with Gasteiger partial charge >= 0.3 is 33.7 Å². The lowest BCUT2D eigenvalue weighted by Gasteiger charge is -2.38. The number of alkyl halides is 8. The SMILES string of the molecule is C=C(COCC(F)(F)S(=O)(=O)O)C(=O)OCC1CC2CC(CC(O)(C(F)(F)F)C(F)(F)F)C1C2. The van der Waals surface area contributed by atoms with Crippen LogP contribution in [0, 0.1) is 23.7 Å². The van der Waals surface area contributed by atoms with E-state index in [9.17, 15) is 53.4 Å². The Hall–Kier alpha value is -1.52. The van der Waals surface area contributed by atoms with Gasteiger partial charge in [0.25, 0.3) is 5.60 Å². The second-order valence-electron chi connectivity index (χ2n) is 8.62. The minimum absolute atomic E-state index is 0.0477. The van der Waals surface area contributed by atoms with E-state index < -0.39 is 88.9 Å². The van der Waals surface area contributed by atoms with Crippen LogP contribution in [0.2, 0.25) is 0 Å². The molecule has 2 aliphatic rings. The predicted molar refractivity (Wildman–Crippen MR) is 96.9 cm³/mol. The molecule has 0 heterocycles. The maximum atomic E-state index is 13.1. The first kappa shape index (κ1) is 28.7. The minimum atomic E-state index is -5.93. The molecule has 0 aromatic carbocycles. The topological polar surface area (TPSA) is 110 Å². The molecule has 0 aromatic rings. The van der Waals surface area contributed by atoms with E-state index in [1.165, 1.54) is 0 Å². The molecule has 0 saturated heterocycles. The number of ether oxygens (including phenoxy) is 2. The van der Waals surface area contributed by atoms with Gasteiger partial charge in [0, 0.05) is 0 Å². The molecule has 2 aliphatic carbocycles. The van der Waals surface area contributed by atoms with Crippen LogP contribution in [-0.2, 0) is 24.4 Å². The molecule has 16 heteroatoms. The smallest absolute Gasteiger partial charge is 0.426 e. The summed E-state index contributed by atoms with van der Waals surface area (Å²) in [6.07, 6.45) is -12.7. The van der Waals surface area contributed by atoms with Crippen molar-refractivity contribution in [3.63, 3.8) is 0 Å². The van der Waals surface area contributed by atoms with Gasteiger partial charge < -0.3 is 14.6 Å².